The van der Waals surface area contributed by atoms with Gasteiger partial charge in [-0.25, -0.2) is 5.43 Å². The number of para-hydroxylation sites is 1. The Morgan fingerprint density at radius 1 is 1.03 bits per heavy atom. The summed E-state index contributed by atoms with van der Waals surface area (Å²) >= 11 is 1.31. The number of hydrazone groups is 1. The zero-order valence-electron chi connectivity index (χ0n) is 19.2. The van der Waals surface area contributed by atoms with Crippen molar-refractivity contribution in [2.75, 3.05) is 5.75 Å². The van der Waals surface area contributed by atoms with E-state index in [2.05, 4.69) is 32.9 Å². The third-order valence-corrected chi connectivity index (χ3v) is 6.20. The van der Waals surface area contributed by atoms with Crippen LogP contribution in [0.5, 0.6) is 5.75 Å². The normalized spacial score (nSPS) is 11.4. The topological polar surface area (TPSA) is 94.2 Å². The highest BCUT2D eigenvalue weighted by molar-refractivity contribution is 7.99. The molecule has 0 aliphatic rings. The summed E-state index contributed by atoms with van der Waals surface area (Å²) in [4.78, 5) is 12.5. The lowest BCUT2D eigenvalue weighted by Crippen LogP contribution is -2.34. The second-order valence-electron chi connectivity index (χ2n) is 7.93. The van der Waals surface area contributed by atoms with Gasteiger partial charge in [0.25, 0.3) is 11.7 Å². The van der Waals surface area contributed by atoms with Crippen LogP contribution in [0.1, 0.15) is 23.6 Å². The van der Waals surface area contributed by atoms with Crippen LogP contribution in [-0.4, -0.2) is 32.7 Å². The molecule has 4 rings (SSSR count). The number of nitrogens with zero attached hydrogens (tertiary/aromatic N) is 3. The van der Waals surface area contributed by atoms with Crippen LogP contribution in [0.3, 0.4) is 0 Å². The van der Waals surface area contributed by atoms with Crippen molar-refractivity contribution in [1.82, 2.24) is 15.6 Å². The van der Waals surface area contributed by atoms with Gasteiger partial charge in [0.2, 0.25) is 0 Å². The van der Waals surface area contributed by atoms with Crippen molar-refractivity contribution in [2.45, 2.75) is 25.9 Å². The van der Waals surface area contributed by atoms with E-state index in [1.165, 1.54) is 17.3 Å². The van der Waals surface area contributed by atoms with Gasteiger partial charge in [0.05, 0.1) is 22.1 Å². The predicted molar refractivity (Wildman–Crippen MR) is 134 cm³/mol. The number of hydrogen-bond acceptors (Lipinski definition) is 5. The number of aromatic nitrogens is 3. The zero-order valence-corrected chi connectivity index (χ0v) is 20.1. The molecule has 34 heavy (non-hydrogen) atoms. The zero-order chi connectivity index (χ0) is 24.1. The number of phenolic OH excluding ortho intramolecular Hbond substituents is 1. The van der Waals surface area contributed by atoms with Crippen LogP contribution in [0, 0.1) is 13.8 Å². The molecule has 3 aromatic carbocycles. The molecular formula is C26H26N5O2S+. The Balaban J connectivity index is 1.54. The first-order valence-electron chi connectivity index (χ1n) is 10.8. The molecule has 0 saturated carbocycles. The minimum absolute atomic E-state index is 0.117. The number of carbonyl (C=O) groups excluding carboxylic acids is 1. The maximum Gasteiger partial charge on any atom is 0.342 e. The molecule has 1 heterocycles. The summed E-state index contributed by atoms with van der Waals surface area (Å²) in [5, 5.41) is 22.4. The Hall–Kier alpha value is -3.91. The molecule has 1 aromatic heterocycles. The monoisotopic (exact) mass is 472 g/mol. The number of benzene rings is 3. The first-order valence-corrected chi connectivity index (χ1v) is 11.8. The second kappa shape index (κ2) is 10.4. The van der Waals surface area contributed by atoms with Gasteiger partial charge in [0.15, 0.2) is 0 Å². The number of aromatic hydroxyl groups is 1. The molecule has 1 amide bonds. The largest absolute Gasteiger partial charge is 0.507 e. The molecule has 0 unspecified atom stereocenters. The Morgan fingerprint density at radius 2 is 1.68 bits per heavy atom. The standard InChI is InChI=1S/C26H25N5O2S/c1-17-8-12-20(13-9-17)25-29-30-26(31(25)21-14-10-18(2)11-15-21)34-16-24(33)28-27-19(3)22-6-4-5-7-23(22)32/h4-15H,16H2,1-3H3,(H2,27,28,32,33)/p+1. The lowest BCUT2D eigenvalue weighted by Gasteiger charge is -2.06. The van der Waals surface area contributed by atoms with E-state index < -0.39 is 0 Å². The number of aromatic amines is 1. The van der Waals surface area contributed by atoms with Crippen LogP contribution in [0.25, 0.3) is 17.1 Å². The fraction of sp³-hybridized carbons (Fsp3) is 0.154. The lowest BCUT2D eigenvalue weighted by molar-refractivity contribution is -0.625. The molecule has 7 nitrogen and oxygen atoms in total. The fourth-order valence-electron chi connectivity index (χ4n) is 3.38. The third-order valence-electron chi connectivity index (χ3n) is 5.26. The average molecular weight is 473 g/mol. The van der Waals surface area contributed by atoms with E-state index in [4.69, 9.17) is 0 Å². The third kappa shape index (κ3) is 5.35. The van der Waals surface area contributed by atoms with Crippen molar-refractivity contribution >= 4 is 23.4 Å². The Kier molecular flexibility index (Phi) is 7.08. The molecule has 0 radical (unpaired) electrons. The fourth-order valence-corrected chi connectivity index (χ4v) is 4.14. The van der Waals surface area contributed by atoms with E-state index in [-0.39, 0.29) is 17.4 Å². The van der Waals surface area contributed by atoms with Crippen molar-refractivity contribution in [3.63, 3.8) is 0 Å². The first kappa shape index (κ1) is 23.3. The van der Waals surface area contributed by atoms with Crippen molar-refractivity contribution in [1.29, 1.82) is 0 Å². The number of amides is 1. The molecule has 4 aromatic rings. The van der Waals surface area contributed by atoms with Crippen LogP contribution in [0.4, 0.5) is 0 Å². The summed E-state index contributed by atoms with van der Waals surface area (Å²) in [6.07, 6.45) is 0. The van der Waals surface area contributed by atoms with E-state index >= 15 is 0 Å². The summed E-state index contributed by atoms with van der Waals surface area (Å²) in [5.41, 5.74) is 7.94. The number of hydrogen-bond donors (Lipinski definition) is 3. The summed E-state index contributed by atoms with van der Waals surface area (Å²) in [7, 11) is 0. The SMILES string of the molecule is CC(=NNC(=O)CSc1n[nH]c(-c2ccc(C)cc2)[n+]1-c1ccc(C)cc1)c1ccccc1O. The summed E-state index contributed by atoms with van der Waals surface area (Å²) in [5.74, 6) is 0.809. The van der Waals surface area contributed by atoms with Crippen LogP contribution in [-0.2, 0) is 4.79 Å². The molecule has 172 valence electrons. The quantitative estimate of drug-likeness (QED) is 0.162. The summed E-state index contributed by atoms with van der Waals surface area (Å²) in [6.45, 7) is 5.83. The number of phenols is 1. The van der Waals surface area contributed by atoms with Crippen molar-refractivity contribution < 1.29 is 14.5 Å². The highest BCUT2D eigenvalue weighted by Crippen LogP contribution is 2.21. The van der Waals surface area contributed by atoms with Gasteiger partial charge in [0, 0.05) is 5.56 Å². The number of nitrogens with one attached hydrogen (secondary N) is 2. The molecule has 8 heteroatoms. The van der Waals surface area contributed by atoms with Gasteiger partial charge in [-0.05, 0) is 68.9 Å². The number of rotatable bonds is 7. The molecule has 0 atom stereocenters. The summed E-state index contributed by atoms with van der Waals surface area (Å²) < 4.78 is 2.01. The smallest absolute Gasteiger partial charge is 0.342 e. The molecule has 0 fully saturated rings. The maximum atomic E-state index is 12.5. The van der Waals surface area contributed by atoms with E-state index in [0.29, 0.717) is 16.4 Å². The van der Waals surface area contributed by atoms with Crippen molar-refractivity contribution in [3.05, 3.63) is 89.5 Å². The van der Waals surface area contributed by atoms with Crippen LogP contribution in [0.15, 0.2) is 83.1 Å². The predicted octanol–water partition coefficient (Wildman–Crippen LogP) is 4.31. The van der Waals surface area contributed by atoms with Gasteiger partial charge in [-0.2, -0.15) is 9.67 Å². The summed E-state index contributed by atoms with van der Waals surface area (Å²) in [6, 6.07) is 23.2. The molecule has 0 aliphatic heterocycles. The minimum Gasteiger partial charge on any atom is -0.507 e. The van der Waals surface area contributed by atoms with Gasteiger partial charge in [-0.15, -0.1) is 5.10 Å². The molecule has 0 spiro atoms. The van der Waals surface area contributed by atoms with Crippen LogP contribution >= 0.6 is 11.8 Å². The molecule has 0 saturated heterocycles. The highest BCUT2D eigenvalue weighted by atomic mass is 32.2. The van der Waals surface area contributed by atoms with Crippen molar-refractivity contribution in [3.8, 4) is 22.8 Å². The van der Waals surface area contributed by atoms with E-state index in [0.717, 1.165) is 22.6 Å². The lowest BCUT2D eigenvalue weighted by atomic mass is 10.1. The van der Waals surface area contributed by atoms with Gasteiger partial charge in [-0.3, -0.25) is 4.79 Å². The average Bonchev–Trinajstić information content (AvgIpc) is 3.26. The van der Waals surface area contributed by atoms with Gasteiger partial charge >= 0.3 is 5.16 Å². The second-order valence-corrected chi connectivity index (χ2v) is 8.87. The highest BCUT2D eigenvalue weighted by Gasteiger charge is 2.24. The Labute approximate surface area is 202 Å². The van der Waals surface area contributed by atoms with Crippen molar-refractivity contribution in [2.24, 2.45) is 5.10 Å². The van der Waals surface area contributed by atoms with E-state index in [1.54, 1.807) is 31.2 Å². The number of aryl methyl sites for hydroxylation is 2. The van der Waals surface area contributed by atoms with Gasteiger partial charge in [0.1, 0.15) is 11.4 Å². The Morgan fingerprint density at radius 3 is 2.35 bits per heavy atom. The molecule has 3 N–H and O–H groups in total. The minimum atomic E-state index is -0.268. The number of H-pyrrole nitrogens is 1. The Bertz CT molecular complexity index is 1330. The van der Waals surface area contributed by atoms with Crippen LogP contribution < -0.4 is 9.99 Å². The first-order chi connectivity index (χ1) is 16.4. The van der Waals surface area contributed by atoms with E-state index in [1.807, 2.05) is 54.8 Å². The van der Waals surface area contributed by atoms with Crippen LogP contribution in [0.2, 0.25) is 0 Å². The van der Waals surface area contributed by atoms with Gasteiger partial charge < -0.3 is 5.11 Å². The molecule has 0 aliphatic carbocycles. The molecular weight excluding hydrogens is 446 g/mol. The number of thioether (sulfide) groups is 1. The maximum absolute atomic E-state index is 12.5. The number of carbonyl (C=O) groups is 1. The van der Waals surface area contributed by atoms with E-state index in [9.17, 15) is 9.90 Å². The molecule has 0 bridgehead atoms. The van der Waals surface area contributed by atoms with Gasteiger partial charge in [-0.1, -0.05) is 47.5 Å².